The smallest absolute Gasteiger partial charge is 0.481 e. The Morgan fingerprint density at radius 1 is 0.929 bits per heavy atom. The van der Waals surface area contributed by atoms with Crippen LogP contribution in [0.1, 0.15) is 106 Å². The summed E-state index contributed by atoms with van der Waals surface area (Å²) in [4.78, 5) is 38.7. The lowest BCUT2D eigenvalue weighted by molar-refractivity contribution is -0.230. The zero-order chi connectivity index (χ0) is 31.0. The van der Waals surface area contributed by atoms with Gasteiger partial charge in [-0.3, -0.25) is 9.59 Å². The molecule has 0 saturated heterocycles. The summed E-state index contributed by atoms with van der Waals surface area (Å²) < 4.78 is 10.9. The van der Waals surface area contributed by atoms with Crippen molar-refractivity contribution in [1.82, 2.24) is 0 Å². The van der Waals surface area contributed by atoms with Gasteiger partial charge in [0, 0.05) is 11.8 Å². The Morgan fingerprint density at radius 2 is 1.62 bits per heavy atom. The second kappa shape index (κ2) is 10.3. The Balaban J connectivity index is 1.45. The molecule has 5 rings (SSSR count). The van der Waals surface area contributed by atoms with Crippen molar-refractivity contribution in [2.75, 3.05) is 13.2 Å². The van der Waals surface area contributed by atoms with Crippen LogP contribution in [-0.4, -0.2) is 58.6 Å². The number of Topliss-reactive ketones (excluding diaryl/α,β-unsaturated/α-hetero) is 1. The van der Waals surface area contributed by atoms with Gasteiger partial charge in [0.25, 0.3) is 0 Å². The molecule has 8 unspecified atom stereocenters. The Kier molecular flexibility index (Phi) is 7.74. The third kappa shape index (κ3) is 4.24. The first-order valence-corrected chi connectivity index (χ1v) is 16.1. The number of rotatable bonds is 6. The third-order valence-electron chi connectivity index (χ3n) is 13.6. The summed E-state index contributed by atoms with van der Waals surface area (Å²) in [5.74, 6) is 0.108. The number of aliphatic hydroxyl groups is 2. The minimum Gasteiger partial charge on any atom is -0.481 e. The molecule has 4 fully saturated rings. The zero-order valence-electron chi connectivity index (χ0n) is 26.6. The summed E-state index contributed by atoms with van der Waals surface area (Å²) in [6.45, 7) is 15.0. The molecule has 0 bridgehead atoms. The SMILES string of the molecule is CC(C)C1=C2C3CCC4C5(C)CCC(OC(=O)OCC(O)CO)C(C)(C)C5CCC4(C)C3(C)CC[C@@]2(C(=O)O)CC1=O. The number of hydrogen-bond acceptors (Lipinski definition) is 7. The number of carbonyl (C=O) groups is 3. The fourth-order valence-electron chi connectivity index (χ4n) is 11.4. The van der Waals surface area contributed by atoms with Gasteiger partial charge in [0.05, 0.1) is 12.0 Å². The second-order valence-electron chi connectivity index (χ2n) is 15.9. The molecule has 0 amide bonds. The topological polar surface area (TPSA) is 130 Å². The molecule has 5 aliphatic rings. The number of ether oxygens (including phenoxy) is 2. The first kappa shape index (κ1) is 31.5. The lowest BCUT2D eigenvalue weighted by Gasteiger charge is -2.72. The molecule has 0 aliphatic heterocycles. The van der Waals surface area contributed by atoms with E-state index in [1.54, 1.807) is 0 Å². The van der Waals surface area contributed by atoms with E-state index in [-0.39, 0.29) is 58.4 Å². The third-order valence-corrected chi connectivity index (χ3v) is 13.6. The maximum atomic E-state index is 13.4. The molecule has 0 aromatic carbocycles. The van der Waals surface area contributed by atoms with Crippen molar-refractivity contribution >= 4 is 17.9 Å². The highest BCUT2D eigenvalue weighted by molar-refractivity contribution is 6.05. The van der Waals surface area contributed by atoms with Crippen LogP contribution in [0.3, 0.4) is 0 Å². The number of fused-ring (bicyclic) bond motifs is 7. The average Bonchev–Trinajstić information content (AvgIpc) is 3.22. The molecule has 236 valence electrons. The Morgan fingerprint density at radius 3 is 2.24 bits per heavy atom. The number of carboxylic acid groups (broad SMARTS) is 1. The largest absolute Gasteiger partial charge is 0.508 e. The van der Waals surface area contributed by atoms with Gasteiger partial charge in [0.1, 0.15) is 18.8 Å². The summed E-state index contributed by atoms with van der Waals surface area (Å²) in [6.07, 6.45) is 4.82. The van der Waals surface area contributed by atoms with E-state index in [4.69, 9.17) is 14.6 Å². The summed E-state index contributed by atoms with van der Waals surface area (Å²) in [5.41, 5.74) is 0.378. The van der Waals surface area contributed by atoms with Crippen LogP contribution >= 0.6 is 0 Å². The van der Waals surface area contributed by atoms with Crippen molar-refractivity contribution in [3.05, 3.63) is 11.1 Å². The van der Waals surface area contributed by atoms with Crippen LogP contribution in [0, 0.1) is 50.7 Å². The average molecular weight is 589 g/mol. The van der Waals surface area contributed by atoms with Crippen LogP contribution in [0.15, 0.2) is 11.1 Å². The summed E-state index contributed by atoms with van der Waals surface area (Å²) in [5, 5.41) is 29.1. The molecule has 0 heterocycles. The fraction of sp³-hybridized carbons (Fsp3) is 0.853. The minimum atomic E-state index is -1.12. The van der Waals surface area contributed by atoms with Gasteiger partial charge in [0.2, 0.25) is 0 Å². The first-order chi connectivity index (χ1) is 19.5. The van der Waals surface area contributed by atoms with E-state index in [1.807, 2.05) is 13.8 Å². The zero-order valence-corrected chi connectivity index (χ0v) is 26.6. The number of allylic oxidation sites excluding steroid dienone is 1. The quantitative estimate of drug-likeness (QED) is 0.326. The summed E-state index contributed by atoms with van der Waals surface area (Å²) >= 11 is 0. The van der Waals surface area contributed by atoms with Gasteiger partial charge < -0.3 is 24.8 Å². The maximum Gasteiger partial charge on any atom is 0.508 e. The molecule has 8 heteroatoms. The first-order valence-electron chi connectivity index (χ1n) is 16.1. The van der Waals surface area contributed by atoms with Gasteiger partial charge in [-0.15, -0.1) is 0 Å². The molecule has 42 heavy (non-hydrogen) atoms. The Bertz CT molecular complexity index is 1170. The van der Waals surface area contributed by atoms with Crippen molar-refractivity contribution in [3.63, 3.8) is 0 Å². The summed E-state index contributed by atoms with van der Waals surface area (Å²) in [6, 6.07) is 0. The molecule has 0 radical (unpaired) electrons. The van der Waals surface area contributed by atoms with Crippen molar-refractivity contribution in [2.24, 2.45) is 50.7 Å². The number of aliphatic carboxylic acids is 1. The van der Waals surface area contributed by atoms with E-state index in [9.17, 15) is 24.6 Å². The van der Waals surface area contributed by atoms with Crippen LogP contribution in [-0.2, 0) is 19.1 Å². The normalized spacial score (nSPS) is 43.1. The molecule has 4 saturated carbocycles. The number of hydrogen-bond donors (Lipinski definition) is 3. The minimum absolute atomic E-state index is 0.00427. The summed E-state index contributed by atoms with van der Waals surface area (Å²) in [7, 11) is 0. The van der Waals surface area contributed by atoms with E-state index < -0.39 is 30.3 Å². The molecular weight excluding hydrogens is 536 g/mol. The van der Waals surface area contributed by atoms with Gasteiger partial charge in [-0.05, 0) is 102 Å². The highest BCUT2D eigenvalue weighted by Gasteiger charge is 2.71. The maximum absolute atomic E-state index is 13.4. The van der Waals surface area contributed by atoms with E-state index in [1.165, 1.54) is 0 Å². The molecule has 5 aliphatic carbocycles. The Labute approximate surface area is 250 Å². The van der Waals surface area contributed by atoms with Crippen LogP contribution in [0.4, 0.5) is 4.79 Å². The predicted molar refractivity (Wildman–Crippen MR) is 156 cm³/mol. The van der Waals surface area contributed by atoms with Gasteiger partial charge in [-0.2, -0.15) is 0 Å². The highest BCUT2D eigenvalue weighted by atomic mass is 16.7. The number of carboxylic acids is 1. The van der Waals surface area contributed by atoms with Crippen molar-refractivity contribution in [1.29, 1.82) is 0 Å². The molecule has 0 aromatic heterocycles. The van der Waals surface area contributed by atoms with Crippen LogP contribution in [0.5, 0.6) is 0 Å². The van der Waals surface area contributed by atoms with Crippen molar-refractivity contribution < 1.29 is 39.2 Å². The fourth-order valence-corrected chi connectivity index (χ4v) is 11.4. The van der Waals surface area contributed by atoms with Gasteiger partial charge in [-0.1, -0.05) is 48.5 Å². The van der Waals surface area contributed by atoms with Crippen molar-refractivity contribution in [2.45, 2.75) is 118 Å². The lowest BCUT2D eigenvalue weighted by Crippen LogP contribution is -2.66. The highest BCUT2D eigenvalue weighted by Crippen LogP contribution is 2.76. The number of carbonyl (C=O) groups excluding carboxylic acids is 2. The van der Waals surface area contributed by atoms with Gasteiger partial charge in [-0.25, -0.2) is 4.79 Å². The second-order valence-corrected chi connectivity index (χ2v) is 15.9. The predicted octanol–water partition coefficient (Wildman–Crippen LogP) is 5.93. The molecule has 0 aromatic rings. The molecular formula is C34H52O8. The van der Waals surface area contributed by atoms with E-state index in [0.29, 0.717) is 18.3 Å². The molecule has 9 atom stereocenters. The number of aliphatic hydroxyl groups excluding tert-OH is 2. The molecule has 0 spiro atoms. The monoisotopic (exact) mass is 588 g/mol. The van der Waals surface area contributed by atoms with E-state index >= 15 is 0 Å². The lowest BCUT2D eigenvalue weighted by atomic mass is 9.33. The molecule has 8 nitrogen and oxygen atoms in total. The van der Waals surface area contributed by atoms with Crippen LogP contribution < -0.4 is 0 Å². The van der Waals surface area contributed by atoms with Crippen LogP contribution in [0.25, 0.3) is 0 Å². The number of ketones is 1. The van der Waals surface area contributed by atoms with E-state index in [0.717, 1.165) is 56.1 Å². The van der Waals surface area contributed by atoms with Crippen molar-refractivity contribution in [3.8, 4) is 0 Å². The molecule has 3 N–H and O–H groups in total. The van der Waals surface area contributed by atoms with Gasteiger partial charge >= 0.3 is 12.1 Å². The van der Waals surface area contributed by atoms with E-state index in [2.05, 4.69) is 34.6 Å². The van der Waals surface area contributed by atoms with Crippen LogP contribution in [0.2, 0.25) is 0 Å². The Hall–Kier alpha value is -1.93. The standard InChI is InChI=1S/C34H52O8/c1-19(2)26-22(37)16-34(28(38)39)15-14-32(6)21(27(26)34)8-9-24-31(5)12-11-25(42-29(40)41-18-20(36)17-35)30(3,4)23(31)10-13-33(24,32)7/h19-21,23-25,35-36H,8-18H2,1-7H3,(H,38,39)/t20?,21?,23?,24?,25?,31?,32?,33?,34-/m1/s1. The van der Waals surface area contributed by atoms with Gasteiger partial charge in [0.15, 0.2) is 5.78 Å².